The molecule has 1 atom stereocenters. The number of rotatable bonds is 6. The summed E-state index contributed by atoms with van der Waals surface area (Å²) in [5, 5.41) is 1.21. The van der Waals surface area contributed by atoms with Gasteiger partial charge in [-0.1, -0.05) is 24.3 Å². The Morgan fingerprint density at radius 3 is 2.83 bits per heavy atom. The van der Waals surface area contributed by atoms with Crippen molar-refractivity contribution in [2.24, 2.45) is 0 Å². The first kappa shape index (κ1) is 19.3. The Kier molecular flexibility index (Phi) is 5.27. The predicted octanol–water partition coefficient (Wildman–Crippen LogP) is 6.00. The normalized spacial score (nSPS) is 17.1. The van der Waals surface area contributed by atoms with Crippen LogP contribution in [0.3, 0.4) is 0 Å². The molecule has 1 aliphatic heterocycles. The molecule has 30 heavy (non-hydrogen) atoms. The lowest BCUT2D eigenvalue weighted by Crippen LogP contribution is -2.23. The van der Waals surface area contributed by atoms with Crippen molar-refractivity contribution >= 4 is 21.6 Å². The molecule has 0 N–H and O–H groups in total. The number of hydrogen-bond acceptors (Lipinski definition) is 6. The van der Waals surface area contributed by atoms with Gasteiger partial charge < -0.3 is 9.15 Å². The molecule has 0 spiro atoms. The summed E-state index contributed by atoms with van der Waals surface area (Å²) in [5.74, 6) is 2.30. The average Bonchev–Trinajstić information content (AvgIpc) is 3.47. The number of aromatic nitrogens is 2. The van der Waals surface area contributed by atoms with Gasteiger partial charge in [-0.15, -0.1) is 11.3 Å². The number of benzene rings is 2. The Hall–Kier alpha value is -2.70. The van der Waals surface area contributed by atoms with Crippen LogP contribution in [0.25, 0.3) is 21.7 Å². The van der Waals surface area contributed by atoms with Crippen LogP contribution in [0.2, 0.25) is 0 Å². The van der Waals surface area contributed by atoms with E-state index in [1.54, 1.807) is 0 Å². The Morgan fingerprint density at radius 1 is 1.13 bits per heavy atom. The van der Waals surface area contributed by atoms with Gasteiger partial charge in [-0.2, -0.15) is 0 Å². The summed E-state index contributed by atoms with van der Waals surface area (Å²) < 4.78 is 13.1. The van der Waals surface area contributed by atoms with E-state index >= 15 is 0 Å². The second-order valence-electron chi connectivity index (χ2n) is 7.60. The molecule has 0 amide bonds. The van der Waals surface area contributed by atoms with Crippen molar-refractivity contribution in [3.63, 3.8) is 0 Å². The van der Waals surface area contributed by atoms with E-state index in [-0.39, 0.29) is 0 Å². The topological polar surface area (TPSA) is 51.4 Å². The highest BCUT2D eigenvalue weighted by atomic mass is 32.1. The summed E-state index contributed by atoms with van der Waals surface area (Å²) >= 11 is 1.81. The summed E-state index contributed by atoms with van der Waals surface area (Å²) in [6.07, 6.45) is 2.31. The smallest absolute Gasteiger partial charge is 0.230 e. The molecular weight excluding hydrogens is 394 g/mol. The summed E-state index contributed by atoms with van der Waals surface area (Å²) in [5.41, 5.74) is 2.99. The van der Waals surface area contributed by atoms with Crippen LogP contribution in [0.4, 0.5) is 0 Å². The minimum atomic E-state index is 0.345. The van der Waals surface area contributed by atoms with E-state index < -0.39 is 0 Å². The Morgan fingerprint density at radius 2 is 1.97 bits per heavy atom. The number of ether oxygens (including phenoxy) is 1. The molecule has 3 heterocycles. The monoisotopic (exact) mass is 419 g/mol. The fourth-order valence-electron chi connectivity index (χ4n) is 4.13. The second kappa shape index (κ2) is 8.20. The Balaban J connectivity index is 1.40. The molecule has 4 aromatic rings. The molecule has 154 valence electrons. The minimum absolute atomic E-state index is 0.345. The van der Waals surface area contributed by atoms with Crippen LogP contribution in [0.15, 0.2) is 52.9 Å². The number of fused-ring (bicyclic) bond motifs is 1. The van der Waals surface area contributed by atoms with Crippen molar-refractivity contribution in [3.05, 3.63) is 65.0 Å². The Bertz CT molecular complexity index is 1130. The van der Waals surface area contributed by atoms with Crippen LogP contribution in [-0.4, -0.2) is 28.0 Å². The number of nitrogens with zero attached hydrogens (tertiary/aromatic N) is 3. The quantitative estimate of drug-likeness (QED) is 0.384. The number of thiazole rings is 1. The first-order valence-corrected chi connectivity index (χ1v) is 11.3. The van der Waals surface area contributed by atoms with Crippen molar-refractivity contribution in [1.29, 1.82) is 0 Å². The molecule has 1 aliphatic rings. The van der Waals surface area contributed by atoms with Gasteiger partial charge in [0.1, 0.15) is 16.5 Å². The van der Waals surface area contributed by atoms with Crippen LogP contribution < -0.4 is 4.74 Å². The second-order valence-corrected chi connectivity index (χ2v) is 8.66. The van der Waals surface area contributed by atoms with Crippen molar-refractivity contribution < 1.29 is 9.15 Å². The molecule has 0 saturated carbocycles. The zero-order valence-corrected chi connectivity index (χ0v) is 18.1. The standard InChI is InChI=1S/C24H25N3O2S/c1-3-28-21-12-6-4-9-17(21)23-25-19(16(2)29-23)15-27-14-8-11-20(27)24-26-18-10-5-7-13-22(18)30-24/h4-7,9-10,12-13,20H,3,8,11,14-15H2,1-2H3/t20-/m0/s1. The lowest BCUT2D eigenvalue weighted by atomic mass is 10.2. The van der Waals surface area contributed by atoms with Gasteiger partial charge in [0.05, 0.1) is 34.1 Å². The Labute approximate surface area is 180 Å². The van der Waals surface area contributed by atoms with Crippen LogP contribution in [0, 0.1) is 6.92 Å². The third-order valence-electron chi connectivity index (χ3n) is 5.62. The number of aryl methyl sites for hydroxylation is 1. The van der Waals surface area contributed by atoms with E-state index in [1.807, 2.05) is 49.4 Å². The van der Waals surface area contributed by atoms with Gasteiger partial charge in [0, 0.05) is 6.54 Å². The SMILES string of the molecule is CCOc1ccccc1-c1nc(CN2CCC[C@H]2c2nc3ccccc3s2)c(C)o1. The predicted molar refractivity (Wildman–Crippen MR) is 120 cm³/mol. The highest BCUT2D eigenvalue weighted by Gasteiger charge is 2.30. The molecular formula is C24H25N3O2S. The summed E-state index contributed by atoms with van der Waals surface area (Å²) in [6, 6.07) is 16.6. The van der Waals surface area contributed by atoms with Crippen molar-refractivity contribution in [2.75, 3.05) is 13.2 Å². The summed E-state index contributed by atoms with van der Waals surface area (Å²) in [4.78, 5) is 12.2. The third-order valence-corrected chi connectivity index (χ3v) is 6.76. The fraction of sp³-hybridized carbons (Fsp3) is 0.333. The first-order valence-electron chi connectivity index (χ1n) is 10.5. The largest absolute Gasteiger partial charge is 0.493 e. The zero-order chi connectivity index (χ0) is 20.5. The number of hydrogen-bond donors (Lipinski definition) is 0. The fourth-order valence-corrected chi connectivity index (χ4v) is 5.27. The molecule has 5 rings (SSSR count). The van der Waals surface area contributed by atoms with Gasteiger partial charge >= 0.3 is 0 Å². The van der Waals surface area contributed by atoms with Crippen molar-refractivity contribution in [3.8, 4) is 17.2 Å². The van der Waals surface area contributed by atoms with Crippen LogP contribution in [-0.2, 0) is 6.54 Å². The molecule has 2 aromatic carbocycles. The maximum atomic E-state index is 6.06. The molecule has 2 aromatic heterocycles. The molecule has 0 unspecified atom stereocenters. The number of oxazole rings is 1. The molecule has 5 nitrogen and oxygen atoms in total. The van der Waals surface area contributed by atoms with Crippen LogP contribution >= 0.6 is 11.3 Å². The van der Waals surface area contributed by atoms with Crippen LogP contribution in [0.5, 0.6) is 5.75 Å². The van der Waals surface area contributed by atoms with Gasteiger partial charge in [-0.25, -0.2) is 9.97 Å². The van der Waals surface area contributed by atoms with Gasteiger partial charge in [0.15, 0.2) is 0 Å². The molecule has 1 fully saturated rings. The maximum absolute atomic E-state index is 6.06. The summed E-state index contributed by atoms with van der Waals surface area (Å²) in [6.45, 7) is 6.42. The average molecular weight is 420 g/mol. The lowest BCUT2D eigenvalue weighted by molar-refractivity contribution is 0.244. The number of para-hydroxylation sites is 2. The van der Waals surface area contributed by atoms with E-state index in [9.17, 15) is 0 Å². The molecule has 0 radical (unpaired) electrons. The van der Waals surface area contributed by atoms with Gasteiger partial charge in [-0.3, -0.25) is 4.90 Å². The highest BCUT2D eigenvalue weighted by Crippen LogP contribution is 2.38. The first-order chi connectivity index (χ1) is 14.7. The van der Waals surface area contributed by atoms with Gasteiger partial charge in [-0.05, 0) is 57.5 Å². The van der Waals surface area contributed by atoms with Crippen molar-refractivity contribution in [2.45, 2.75) is 39.3 Å². The van der Waals surface area contributed by atoms with E-state index in [2.05, 4.69) is 29.2 Å². The van der Waals surface area contributed by atoms with E-state index in [0.29, 0.717) is 18.5 Å². The summed E-state index contributed by atoms with van der Waals surface area (Å²) in [7, 11) is 0. The zero-order valence-electron chi connectivity index (χ0n) is 17.3. The van der Waals surface area contributed by atoms with Crippen molar-refractivity contribution in [1.82, 2.24) is 14.9 Å². The van der Waals surface area contributed by atoms with Gasteiger partial charge in [0.25, 0.3) is 0 Å². The molecule has 1 saturated heterocycles. The lowest BCUT2D eigenvalue weighted by Gasteiger charge is -2.21. The van der Waals surface area contributed by atoms with Gasteiger partial charge in [0.2, 0.25) is 5.89 Å². The highest BCUT2D eigenvalue weighted by molar-refractivity contribution is 7.18. The molecule has 6 heteroatoms. The molecule has 0 aliphatic carbocycles. The number of likely N-dealkylation sites (tertiary alicyclic amines) is 1. The maximum Gasteiger partial charge on any atom is 0.230 e. The molecule has 0 bridgehead atoms. The van der Waals surface area contributed by atoms with Crippen LogP contribution in [0.1, 0.15) is 42.3 Å². The third kappa shape index (κ3) is 3.61. The minimum Gasteiger partial charge on any atom is -0.493 e. The van der Waals surface area contributed by atoms with E-state index in [1.165, 1.54) is 16.1 Å². The van der Waals surface area contributed by atoms with E-state index in [4.69, 9.17) is 19.1 Å². The van der Waals surface area contributed by atoms with E-state index in [0.717, 1.165) is 47.8 Å².